The average Bonchev–Trinajstić information content (AvgIpc) is 3.40. The Labute approximate surface area is 166 Å². The molecular weight excluding hydrogens is 348 g/mol. The van der Waals surface area contributed by atoms with Gasteiger partial charge in [0.15, 0.2) is 0 Å². The Morgan fingerprint density at radius 3 is 2.25 bits per heavy atom. The molecule has 1 aliphatic heterocycles. The van der Waals surface area contributed by atoms with Gasteiger partial charge in [-0.1, -0.05) is 57.2 Å². The van der Waals surface area contributed by atoms with Crippen molar-refractivity contribution in [2.24, 2.45) is 0 Å². The number of benzene rings is 1. The molecule has 146 valence electrons. The number of amides is 1. The van der Waals surface area contributed by atoms with Crippen LogP contribution < -0.4 is 10.9 Å². The van der Waals surface area contributed by atoms with Crippen LogP contribution in [0.4, 0.5) is 0 Å². The number of hydrogen-bond donors (Lipinski definition) is 2. The van der Waals surface area contributed by atoms with E-state index in [0.717, 1.165) is 41.7 Å². The van der Waals surface area contributed by atoms with E-state index < -0.39 is 0 Å². The lowest BCUT2D eigenvalue weighted by molar-refractivity contribution is -0.119. The summed E-state index contributed by atoms with van der Waals surface area (Å²) in [7, 11) is 0. The molecule has 2 N–H and O–H groups in total. The Morgan fingerprint density at radius 2 is 1.71 bits per heavy atom. The largest absolute Gasteiger partial charge is 0.350 e. The lowest BCUT2D eigenvalue weighted by atomic mass is 9.86. The van der Waals surface area contributed by atoms with Crippen LogP contribution in [0.2, 0.25) is 0 Å². The fraction of sp³-hybridized carbons (Fsp3) is 0.417. The van der Waals surface area contributed by atoms with E-state index in [4.69, 9.17) is 0 Å². The van der Waals surface area contributed by atoms with Crippen molar-refractivity contribution < 1.29 is 4.79 Å². The van der Waals surface area contributed by atoms with Gasteiger partial charge < -0.3 is 10.3 Å². The summed E-state index contributed by atoms with van der Waals surface area (Å²) in [6.07, 6.45) is 5.63. The molecule has 1 aromatic heterocycles. The molecule has 2 aliphatic rings. The molecule has 1 atom stereocenters. The third-order valence-corrected chi connectivity index (χ3v) is 5.71. The van der Waals surface area contributed by atoms with Crippen LogP contribution in [0.3, 0.4) is 0 Å². The SMILES string of the molecule is CC(C)(C)c1ccc(/C(=C\[C@H]2CCC(=O)N2)c2ccc(C3CC3)c(=O)[nH]2)cc1. The van der Waals surface area contributed by atoms with Gasteiger partial charge in [-0.15, -0.1) is 0 Å². The molecule has 0 bridgehead atoms. The summed E-state index contributed by atoms with van der Waals surface area (Å²) in [6, 6.07) is 12.5. The van der Waals surface area contributed by atoms with E-state index in [0.29, 0.717) is 12.3 Å². The van der Waals surface area contributed by atoms with Gasteiger partial charge in [0.2, 0.25) is 5.91 Å². The molecule has 4 heteroatoms. The predicted octanol–water partition coefficient (Wildman–Crippen LogP) is 4.26. The number of rotatable bonds is 4. The van der Waals surface area contributed by atoms with Crippen LogP contribution in [-0.2, 0) is 10.2 Å². The Bertz CT molecular complexity index is 973. The van der Waals surface area contributed by atoms with Crippen molar-refractivity contribution in [3.8, 4) is 0 Å². The van der Waals surface area contributed by atoms with Gasteiger partial charge in [0.05, 0.1) is 0 Å². The Kier molecular flexibility index (Phi) is 4.74. The molecule has 1 aromatic carbocycles. The fourth-order valence-electron chi connectivity index (χ4n) is 3.81. The van der Waals surface area contributed by atoms with Crippen LogP contribution in [0.15, 0.2) is 47.3 Å². The van der Waals surface area contributed by atoms with E-state index >= 15 is 0 Å². The highest BCUT2D eigenvalue weighted by atomic mass is 16.2. The molecule has 1 saturated carbocycles. The molecule has 4 rings (SSSR count). The highest BCUT2D eigenvalue weighted by molar-refractivity contribution is 5.82. The minimum absolute atomic E-state index is 0.00333. The maximum Gasteiger partial charge on any atom is 0.251 e. The highest BCUT2D eigenvalue weighted by Gasteiger charge is 2.27. The van der Waals surface area contributed by atoms with Crippen LogP contribution in [0.1, 0.15) is 74.8 Å². The monoisotopic (exact) mass is 376 g/mol. The fourth-order valence-corrected chi connectivity index (χ4v) is 3.81. The first kappa shape index (κ1) is 18.7. The first-order chi connectivity index (χ1) is 13.3. The molecule has 1 saturated heterocycles. The van der Waals surface area contributed by atoms with E-state index in [1.165, 1.54) is 5.56 Å². The van der Waals surface area contributed by atoms with Crippen LogP contribution >= 0.6 is 0 Å². The van der Waals surface area contributed by atoms with Crippen LogP contribution in [0.5, 0.6) is 0 Å². The molecule has 2 fully saturated rings. The van der Waals surface area contributed by atoms with Crippen molar-refractivity contribution in [3.63, 3.8) is 0 Å². The van der Waals surface area contributed by atoms with Gasteiger partial charge in [0, 0.05) is 29.3 Å². The summed E-state index contributed by atoms with van der Waals surface area (Å²) in [6.45, 7) is 6.59. The molecule has 4 nitrogen and oxygen atoms in total. The number of aromatic amines is 1. The molecule has 1 aliphatic carbocycles. The second-order valence-electron chi connectivity index (χ2n) is 9.05. The van der Waals surface area contributed by atoms with Gasteiger partial charge in [-0.05, 0) is 47.8 Å². The molecule has 0 radical (unpaired) electrons. The minimum Gasteiger partial charge on any atom is -0.350 e. The van der Waals surface area contributed by atoms with Crippen LogP contribution in [0.25, 0.3) is 5.57 Å². The highest BCUT2D eigenvalue weighted by Crippen LogP contribution is 2.38. The number of carbonyl (C=O) groups excluding carboxylic acids is 1. The third kappa shape index (κ3) is 3.96. The van der Waals surface area contributed by atoms with Crippen molar-refractivity contribution in [2.75, 3.05) is 0 Å². The van der Waals surface area contributed by atoms with Crippen molar-refractivity contribution in [1.82, 2.24) is 10.3 Å². The lowest BCUT2D eigenvalue weighted by Crippen LogP contribution is -2.23. The van der Waals surface area contributed by atoms with E-state index in [-0.39, 0.29) is 22.9 Å². The zero-order valence-corrected chi connectivity index (χ0v) is 16.8. The molecule has 2 heterocycles. The summed E-state index contributed by atoms with van der Waals surface area (Å²) in [5, 5.41) is 3.01. The van der Waals surface area contributed by atoms with Gasteiger partial charge >= 0.3 is 0 Å². The number of hydrogen-bond acceptors (Lipinski definition) is 2. The van der Waals surface area contributed by atoms with Crippen molar-refractivity contribution in [3.05, 3.63) is 75.2 Å². The first-order valence-electron chi connectivity index (χ1n) is 10.2. The van der Waals surface area contributed by atoms with Gasteiger partial charge in [0.25, 0.3) is 5.56 Å². The summed E-state index contributed by atoms with van der Waals surface area (Å²) < 4.78 is 0. The Hall–Kier alpha value is -2.62. The topological polar surface area (TPSA) is 62.0 Å². The molecule has 28 heavy (non-hydrogen) atoms. The zero-order chi connectivity index (χ0) is 19.9. The number of nitrogens with one attached hydrogen (secondary N) is 2. The van der Waals surface area contributed by atoms with Crippen molar-refractivity contribution >= 4 is 11.5 Å². The Morgan fingerprint density at radius 1 is 1.00 bits per heavy atom. The van der Waals surface area contributed by atoms with Gasteiger partial charge in [-0.2, -0.15) is 0 Å². The first-order valence-corrected chi connectivity index (χ1v) is 10.2. The Balaban J connectivity index is 1.74. The number of H-pyrrole nitrogens is 1. The normalized spacial score (nSPS) is 20.3. The van der Waals surface area contributed by atoms with E-state index in [2.05, 4.69) is 61.4 Å². The average molecular weight is 377 g/mol. The molecule has 0 unspecified atom stereocenters. The maximum absolute atomic E-state index is 12.6. The van der Waals surface area contributed by atoms with Crippen molar-refractivity contribution in [2.45, 2.75) is 63.8 Å². The molecule has 1 amide bonds. The lowest BCUT2D eigenvalue weighted by Gasteiger charge is -2.20. The van der Waals surface area contributed by atoms with Gasteiger partial charge in [0.1, 0.15) is 0 Å². The standard InChI is InChI=1S/C24H28N2O2/c1-24(2,3)17-8-6-16(7-9-17)20(14-18-10-13-22(27)25-18)21-12-11-19(15-4-5-15)23(28)26-21/h6-9,11-12,14-15,18H,4-5,10,13H2,1-3H3,(H,25,27)(H,26,28)/b20-14+/t18-/m1/s1. The quantitative estimate of drug-likeness (QED) is 0.837. The second kappa shape index (κ2) is 7.08. The van der Waals surface area contributed by atoms with Crippen LogP contribution in [0, 0.1) is 0 Å². The van der Waals surface area contributed by atoms with E-state index in [1.54, 1.807) is 0 Å². The van der Waals surface area contributed by atoms with E-state index in [1.807, 2.05) is 12.1 Å². The minimum atomic E-state index is -0.00333. The third-order valence-electron chi connectivity index (χ3n) is 5.71. The van der Waals surface area contributed by atoms with Gasteiger partial charge in [-0.3, -0.25) is 9.59 Å². The number of pyridine rings is 1. The summed E-state index contributed by atoms with van der Waals surface area (Å²) in [5.41, 5.74) is 5.06. The predicted molar refractivity (Wildman–Crippen MR) is 112 cm³/mol. The number of carbonyl (C=O) groups is 1. The molecule has 2 aromatic rings. The van der Waals surface area contributed by atoms with Gasteiger partial charge in [-0.25, -0.2) is 0 Å². The summed E-state index contributed by atoms with van der Waals surface area (Å²) in [4.78, 5) is 27.3. The summed E-state index contributed by atoms with van der Waals surface area (Å²) in [5.74, 6) is 0.506. The molecule has 0 spiro atoms. The maximum atomic E-state index is 12.6. The van der Waals surface area contributed by atoms with Crippen molar-refractivity contribution in [1.29, 1.82) is 0 Å². The summed E-state index contributed by atoms with van der Waals surface area (Å²) >= 11 is 0. The number of aromatic nitrogens is 1. The molecular formula is C24H28N2O2. The smallest absolute Gasteiger partial charge is 0.251 e. The second-order valence-corrected chi connectivity index (χ2v) is 9.05. The van der Waals surface area contributed by atoms with E-state index in [9.17, 15) is 9.59 Å². The van der Waals surface area contributed by atoms with Crippen LogP contribution in [-0.4, -0.2) is 16.9 Å². The zero-order valence-electron chi connectivity index (χ0n) is 16.8.